The summed E-state index contributed by atoms with van der Waals surface area (Å²) in [6.45, 7) is 1.83. The highest BCUT2D eigenvalue weighted by Gasteiger charge is 2.49. The highest BCUT2D eigenvalue weighted by Crippen LogP contribution is 2.45. The molecule has 2 aliphatic heterocycles. The Hall–Kier alpha value is -2.08. The molecular formula is C17H20N6. The number of benzene rings is 1. The van der Waals surface area contributed by atoms with E-state index in [9.17, 15) is 0 Å². The van der Waals surface area contributed by atoms with Crippen LogP contribution in [0.2, 0.25) is 0 Å². The van der Waals surface area contributed by atoms with Gasteiger partial charge in [-0.05, 0) is 54.1 Å². The summed E-state index contributed by atoms with van der Waals surface area (Å²) in [6, 6.07) is 11.2. The molecule has 118 valence electrons. The van der Waals surface area contributed by atoms with E-state index in [1.165, 1.54) is 24.8 Å². The van der Waals surface area contributed by atoms with Gasteiger partial charge in [0.25, 0.3) is 0 Å². The van der Waals surface area contributed by atoms with Gasteiger partial charge in [0.15, 0.2) is 5.82 Å². The van der Waals surface area contributed by atoms with Gasteiger partial charge in [-0.2, -0.15) is 4.68 Å². The van der Waals surface area contributed by atoms with Crippen molar-refractivity contribution in [1.82, 2.24) is 25.1 Å². The molecule has 0 N–H and O–H groups in total. The van der Waals surface area contributed by atoms with Gasteiger partial charge in [0.1, 0.15) is 5.84 Å². The zero-order chi connectivity index (χ0) is 15.2. The molecule has 3 aliphatic rings. The second-order valence-corrected chi connectivity index (χ2v) is 6.79. The van der Waals surface area contributed by atoms with E-state index in [0.717, 1.165) is 30.5 Å². The topological polar surface area (TPSA) is 59.2 Å². The van der Waals surface area contributed by atoms with E-state index in [1.807, 2.05) is 10.7 Å². The summed E-state index contributed by atoms with van der Waals surface area (Å²) in [7, 11) is 0. The van der Waals surface area contributed by atoms with Crippen LogP contribution in [0, 0.1) is 5.92 Å². The summed E-state index contributed by atoms with van der Waals surface area (Å²) in [5.41, 5.74) is 1.23. The van der Waals surface area contributed by atoms with E-state index in [1.54, 1.807) is 0 Å². The van der Waals surface area contributed by atoms with Crippen LogP contribution in [0.15, 0.2) is 35.3 Å². The van der Waals surface area contributed by atoms with Crippen LogP contribution in [-0.2, 0) is 6.54 Å². The predicted molar refractivity (Wildman–Crippen MR) is 86.0 cm³/mol. The molecule has 5 rings (SSSR count). The Kier molecular flexibility index (Phi) is 3.04. The molecule has 1 aliphatic carbocycles. The molecule has 0 spiro atoms. The summed E-state index contributed by atoms with van der Waals surface area (Å²) in [6.07, 6.45) is 4.99. The van der Waals surface area contributed by atoms with E-state index in [0.29, 0.717) is 18.6 Å². The summed E-state index contributed by atoms with van der Waals surface area (Å²) in [4.78, 5) is 7.57. The maximum atomic E-state index is 4.97. The lowest BCUT2D eigenvalue weighted by atomic mass is 10.0. The molecule has 2 fully saturated rings. The van der Waals surface area contributed by atoms with E-state index in [2.05, 4.69) is 44.7 Å². The maximum absolute atomic E-state index is 4.97. The number of tetrazole rings is 1. The third-order valence-corrected chi connectivity index (χ3v) is 5.26. The van der Waals surface area contributed by atoms with E-state index in [-0.39, 0.29) is 0 Å². The quantitative estimate of drug-likeness (QED) is 0.871. The predicted octanol–water partition coefficient (Wildman–Crippen LogP) is 2.05. The van der Waals surface area contributed by atoms with Gasteiger partial charge >= 0.3 is 0 Å². The zero-order valence-electron chi connectivity index (χ0n) is 13.0. The molecule has 3 heterocycles. The third-order valence-electron chi connectivity index (χ3n) is 5.26. The van der Waals surface area contributed by atoms with Crippen molar-refractivity contribution in [2.24, 2.45) is 10.9 Å². The Labute approximate surface area is 135 Å². The van der Waals surface area contributed by atoms with Crippen molar-refractivity contribution in [3.05, 3.63) is 41.7 Å². The molecule has 1 saturated heterocycles. The second-order valence-electron chi connectivity index (χ2n) is 6.79. The van der Waals surface area contributed by atoms with Crippen LogP contribution < -0.4 is 0 Å². The minimum absolute atomic E-state index is 0.381. The summed E-state index contributed by atoms with van der Waals surface area (Å²) >= 11 is 0. The van der Waals surface area contributed by atoms with Crippen molar-refractivity contribution < 1.29 is 0 Å². The first-order chi connectivity index (χ1) is 11.4. The van der Waals surface area contributed by atoms with Gasteiger partial charge in [-0.25, -0.2) is 0 Å². The number of aromatic nitrogens is 4. The first-order valence-corrected chi connectivity index (χ1v) is 8.54. The molecule has 0 bridgehead atoms. The summed E-state index contributed by atoms with van der Waals surface area (Å²) in [5, 5.41) is 12.5. The lowest BCUT2D eigenvalue weighted by Gasteiger charge is -2.37. The van der Waals surface area contributed by atoms with Gasteiger partial charge in [0, 0.05) is 0 Å². The van der Waals surface area contributed by atoms with Crippen molar-refractivity contribution in [2.75, 3.05) is 6.54 Å². The van der Waals surface area contributed by atoms with E-state index in [4.69, 9.17) is 4.99 Å². The van der Waals surface area contributed by atoms with Crippen molar-refractivity contribution in [3.8, 4) is 0 Å². The number of hydrogen-bond donors (Lipinski definition) is 0. The minimum atomic E-state index is 0.381. The average molecular weight is 308 g/mol. The Morgan fingerprint density at radius 3 is 2.83 bits per heavy atom. The van der Waals surface area contributed by atoms with Crippen molar-refractivity contribution in [1.29, 1.82) is 0 Å². The highest BCUT2D eigenvalue weighted by atomic mass is 15.6. The molecule has 6 heteroatoms. The molecule has 6 nitrogen and oxygen atoms in total. The molecule has 1 saturated carbocycles. The fourth-order valence-electron chi connectivity index (χ4n) is 4.05. The number of hydrogen-bond acceptors (Lipinski definition) is 5. The average Bonchev–Trinajstić information content (AvgIpc) is 3.10. The maximum Gasteiger partial charge on any atom is 0.175 e. The van der Waals surface area contributed by atoms with Gasteiger partial charge in [0.2, 0.25) is 0 Å². The first kappa shape index (κ1) is 13.4. The standard InChI is InChI=1S/C17H20N6/c1-2-5-12(6-3-1)11-18-17-15(13-8-9-13)22-10-4-7-14(22)16-19-20-21-23(16)17/h1-3,5-6,13-15H,4,7-11H2/t14-,15+/m0/s1. The van der Waals surface area contributed by atoms with Crippen LogP contribution in [0.4, 0.5) is 0 Å². The fraction of sp³-hybridized carbons (Fsp3) is 0.529. The van der Waals surface area contributed by atoms with Gasteiger partial charge < -0.3 is 0 Å². The zero-order valence-corrected chi connectivity index (χ0v) is 13.0. The summed E-state index contributed by atoms with van der Waals surface area (Å²) in [5.74, 6) is 2.75. The fourth-order valence-corrected chi connectivity index (χ4v) is 4.05. The van der Waals surface area contributed by atoms with Crippen LogP contribution in [0.5, 0.6) is 0 Å². The monoisotopic (exact) mass is 308 g/mol. The Balaban J connectivity index is 1.56. The van der Waals surface area contributed by atoms with Crippen LogP contribution in [0.25, 0.3) is 0 Å². The molecule has 0 amide bonds. The van der Waals surface area contributed by atoms with Crippen LogP contribution in [-0.4, -0.2) is 43.5 Å². The van der Waals surface area contributed by atoms with Gasteiger partial charge in [0.05, 0.1) is 18.6 Å². The SMILES string of the molecule is c1ccc(CN=C2[C@@H](C3CC3)N3CCC[C@H]3c3nnnn32)cc1. The Morgan fingerprint density at radius 2 is 2.00 bits per heavy atom. The Morgan fingerprint density at radius 1 is 1.13 bits per heavy atom. The lowest BCUT2D eigenvalue weighted by molar-refractivity contribution is 0.180. The normalized spacial score (nSPS) is 28.8. The number of nitrogens with zero attached hydrogens (tertiary/aromatic N) is 6. The number of aliphatic imine (C=N–C) groups is 1. The van der Waals surface area contributed by atoms with Crippen LogP contribution in [0.3, 0.4) is 0 Å². The van der Waals surface area contributed by atoms with Crippen LogP contribution in [0.1, 0.15) is 43.1 Å². The van der Waals surface area contributed by atoms with E-state index < -0.39 is 0 Å². The molecule has 2 atom stereocenters. The van der Waals surface area contributed by atoms with Crippen molar-refractivity contribution in [3.63, 3.8) is 0 Å². The van der Waals surface area contributed by atoms with Gasteiger partial charge in [-0.1, -0.05) is 30.3 Å². The van der Waals surface area contributed by atoms with Gasteiger partial charge in [-0.15, -0.1) is 5.10 Å². The molecule has 1 aromatic heterocycles. The van der Waals surface area contributed by atoms with Gasteiger partial charge in [-0.3, -0.25) is 9.89 Å². The minimum Gasteiger partial charge on any atom is -0.283 e. The van der Waals surface area contributed by atoms with Crippen molar-refractivity contribution >= 4 is 5.84 Å². The largest absolute Gasteiger partial charge is 0.283 e. The summed E-state index contributed by atoms with van der Waals surface area (Å²) < 4.78 is 1.93. The molecule has 0 unspecified atom stereocenters. The van der Waals surface area contributed by atoms with E-state index >= 15 is 0 Å². The molecule has 23 heavy (non-hydrogen) atoms. The number of rotatable bonds is 3. The smallest absolute Gasteiger partial charge is 0.175 e. The molecular weight excluding hydrogens is 288 g/mol. The lowest BCUT2D eigenvalue weighted by Crippen LogP contribution is -2.50. The second kappa shape index (κ2) is 5.23. The molecule has 2 aromatic rings. The Bertz CT molecular complexity index is 733. The number of fused-ring (bicyclic) bond motifs is 3. The molecule has 1 aromatic carbocycles. The van der Waals surface area contributed by atoms with Crippen LogP contribution >= 0.6 is 0 Å². The third kappa shape index (κ3) is 2.20. The van der Waals surface area contributed by atoms with Crippen molar-refractivity contribution in [2.45, 2.75) is 44.3 Å². The molecule has 0 radical (unpaired) electrons. The highest BCUT2D eigenvalue weighted by molar-refractivity contribution is 5.90. The first-order valence-electron chi connectivity index (χ1n) is 8.54.